The Hall–Kier alpha value is -3.96. The van der Waals surface area contributed by atoms with Crippen LogP contribution in [0.15, 0.2) is 54.6 Å². The van der Waals surface area contributed by atoms with E-state index < -0.39 is 48.0 Å². The van der Waals surface area contributed by atoms with Gasteiger partial charge in [-0.25, -0.2) is 15.1 Å². The molecule has 5 N–H and O–H groups in total. The zero-order chi connectivity index (χ0) is 28.8. The number of hydrogen-bond acceptors (Lipinski definition) is 8. The number of amides is 4. The van der Waals surface area contributed by atoms with Crippen molar-refractivity contribution in [2.75, 3.05) is 13.2 Å². The number of phenolic OH excluding ortho intramolecular Hbond substituents is 1. The lowest BCUT2D eigenvalue weighted by molar-refractivity contribution is -0.145. The Morgan fingerprint density at radius 2 is 1.85 bits per heavy atom. The van der Waals surface area contributed by atoms with Gasteiger partial charge in [-0.3, -0.25) is 19.4 Å². The van der Waals surface area contributed by atoms with Gasteiger partial charge in [0.05, 0.1) is 12.1 Å². The van der Waals surface area contributed by atoms with Gasteiger partial charge in [0, 0.05) is 13.0 Å². The number of nitrogens with two attached hydrogens (primary N) is 1. The first kappa shape index (κ1) is 29.0. The summed E-state index contributed by atoms with van der Waals surface area (Å²) in [6.07, 6.45) is 0.805. The van der Waals surface area contributed by atoms with Gasteiger partial charge in [-0.1, -0.05) is 56.3 Å². The summed E-state index contributed by atoms with van der Waals surface area (Å²) in [6.45, 7) is 4.03. The highest BCUT2D eigenvalue weighted by Crippen LogP contribution is 2.22. The maximum Gasteiger partial charge on any atom is 0.417 e. The van der Waals surface area contributed by atoms with Crippen molar-refractivity contribution in [2.24, 2.45) is 11.7 Å². The van der Waals surface area contributed by atoms with Crippen molar-refractivity contribution >= 4 is 23.8 Å². The van der Waals surface area contributed by atoms with Crippen LogP contribution in [0.5, 0.6) is 5.75 Å². The number of hydrogen-bond donors (Lipinski definition) is 4. The van der Waals surface area contributed by atoms with Crippen molar-refractivity contribution in [2.45, 2.75) is 63.7 Å². The van der Waals surface area contributed by atoms with Crippen LogP contribution in [-0.2, 0) is 32.0 Å². The zero-order valence-electron chi connectivity index (χ0n) is 22.8. The van der Waals surface area contributed by atoms with E-state index in [1.54, 1.807) is 12.1 Å². The van der Waals surface area contributed by atoms with Crippen molar-refractivity contribution in [1.29, 1.82) is 0 Å². The van der Waals surface area contributed by atoms with Gasteiger partial charge in [-0.2, -0.15) is 0 Å². The molecule has 0 bridgehead atoms. The first-order valence-electron chi connectivity index (χ1n) is 13.6. The predicted molar refractivity (Wildman–Crippen MR) is 147 cm³/mol. The highest BCUT2D eigenvalue weighted by molar-refractivity contribution is 5.97. The van der Waals surface area contributed by atoms with Crippen LogP contribution in [0.3, 0.4) is 0 Å². The number of nitrogens with zero attached hydrogens (tertiary/aromatic N) is 2. The van der Waals surface area contributed by atoms with Gasteiger partial charge in [0.1, 0.15) is 24.4 Å². The second-order valence-electron chi connectivity index (χ2n) is 10.6. The Balaban J connectivity index is 1.48. The summed E-state index contributed by atoms with van der Waals surface area (Å²) < 4.78 is 5.21. The molecule has 2 saturated heterocycles. The monoisotopic (exact) mass is 551 g/mol. The molecule has 0 unspecified atom stereocenters. The molecule has 40 heavy (non-hydrogen) atoms. The van der Waals surface area contributed by atoms with E-state index >= 15 is 0 Å². The molecular formula is C29H37N5O6. The number of cyclic esters (lactones) is 1. The van der Waals surface area contributed by atoms with E-state index in [0.717, 1.165) is 10.5 Å². The van der Waals surface area contributed by atoms with Crippen molar-refractivity contribution in [1.82, 2.24) is 20.7 Å². The van der Waals surface area contributed by atoms with Crippen LogP contribution in [0.4, 0.5) is 4.79 Å². The van der Waals surface area contributed by atoms with Gasteiger partial charge in [0.25, 0.3) is 11.8 Å². The first-order chi connectivity index (χ1) is 19.1. The number of ether oxygens (including phenoxy) is 1. The molecule has 0 radical (unpaired) electrons. The minimum Gasteiger partial charge on any atom is -0.508 e. The topological polar surface area (TPSA) is 154 Å². The lowest BCUT2D eigenvalue weighted by Crippen LogP contribution is -2.63. The van der Waals surface area contributed by atoms with Crippen molar-refractivity contribution in [3.05, 3.63) is 65.7 Å². The molecule has 214 valence electrons. The summed E-state index contributed by atoms with van der Waals surface area (Å²) >= 11 is 0. The number of benzene rings is 2. The van der Waals surface area contributed by atoms with Crippen molar-refractivity contribution in [3.63, 3.8) is 0 Å². The Morgan fingerprint density at radius 3 is 2.55 bits per heavy atom. The van der Waals surface area contributed by atoms with Crippen molar-refractivity contribution < 1.29 is 29.0 Å². The van der Waals surface area contributed by atoms with E-state index in [0.29, 0.717) is 31.4 Å². The normalized spacial score (nSPS) is 20.6. The van der Waals surface area contributed by atoms with E-state index in [1.165, 1.54) is 17.1 Å². The van der Waals surface area contributed by atoms with Crippen LogP contribution in [0.25, 0.3) is 0 Å². The van der Waals surface area contributed by atoms with E-state index in [2.05, 4.69) is 10.7 Å². The van der Waals surface area contributed by atoms with Gasteiger partial charge in [-0.15, -0.1) is 0 Å². The molecule has 2 aromatic rings. The molecule has 0 aromatic heterocycles. The zero-order valence-corrected chi connectivity index (χ0v) is 22.8. The Kier molecular flexibility index (Phi) is 9.38. The molecule has 0 saturated carbocycles. The quantitative estimate of drug-likeness (QED) is 0.366. The van der Waals surface area contributed by atoms with Gasteiger partial charge >= 0.3 is 6.09 Å². The van der Waals surface area contributed by atoms with Crippen LogP contribution >= 0.6 is 0 Å². The van der Waals surface area contributed by atoms with Crippen LogP contribution in [0.2, 0.25) is 0 Å². The molecule has 4 amide bonds. The first-order valence-corrected chi connectivity index (χ1v) is 13.6. The van der Waals surface area contributed by atoms with Crippen LogP contribution in [0.1, 0.15) is 37.8 Å². The maximum atomic E-state index is 13.7. The minimum absolute atomic E-state index is 0.0400. The fourth-order valence-electron chi connectivity index (χ4n) is 4.94. The van der Waals surface area contributed by atoms with Crippen LogP contribution < -0.4 is 16.5 Å². The number of carbonyl (C=O) groups excluding carboxylic acids is 4. The molecule has 2 aromatic carbocycles. The molecule has 0 spiro atoms. The Morgan fingerprint density at radius 1 is 1.12 bits per heavy atom. The molecule has 4 rings (SSSR count). The van der Waals surface area contributed by atoms with Gasteiger partial charge in [0.15, 0.2) is 0 Å². The summed E-state index contributed by atoms with van der Waals surface area (Å²) in [5.41, 5.74) is 10.6. The van der Waals surface area contributed by atoms with E-state index in [9.17, 15) is 24.3 Å². The van der Waals surface area contributed by atoms with Gasteiger partial charge < -0.3 is 20.9 Å². The van der Waals surface area contributed by atoms with E-state index in [-0.39, 0.29) is 24.7 Å². The standard InChI is InChI=1S/C29H37N5O6/c1-18(2)25(30)26(36)31-24(16-20-10-6-11-22(35)15-20)27(37)33-13-7-12-23(32-33)28(38)34-21(17-40-29(34)39)14-19-8-4-3-5-9-19/h3-6,8-11,15,18,21,23-25,32,35H,7,12-14,16-17,30H2,1-2H3,(H,31,36)/t21-,23-,24-,25-/m0/s1. The Bertz CT molecular complexity index is 1220. The number of phenols is 1. The lowest BCUT2D eigenvalue weighted by Gasteiger charge is -2.37. The average Bonchev–Trinajstić information content (AvgIpc) is 3.31. The largest absolute Gasteiger partial charge is 0.508 e. The molecule has 4 atom stereocenters. The lowest BCUT2D eigenvalue weighted by atomic mass is 10.0. The molecule has 11 nitrogen and oxygen atoms in total. The summed E-state index contributed by atoms with van der Waals surface area (Å²) in [5, 5.41) is 14.0. The Labute approximate surface area is 233 Å². The maximum absolute atomic E-state index is 13.7. The second-order valence-corrected chi connectivity index (χ2v) is 10.6. The highest BCUT2D eigenvalue weighted by Gasteiger charge is 2.43. The molecule has 11 heteroatoms. The summed E-state index contributed by atoms with van der Waals surface area (Å²) in [6, 6.07) is 12.9. The third kappa shape index (κ3) is 6.97. The third-order valence-corrected chi connectivity index (χ3v) is 7.25. The number of nitrogens with one attached hydrogen (secondary N) is 2. The smallest absolute Gasteiger partial charge is 0.417 e. The van der Waals surface area contributed by atoms with E-state index in [1.807, 2.05) is 44.2 Å². The number of carbonyl (C=O) groups is 4. The highest BCUT2D eigenvalue weighted by atomic mass is 16.6. The molecule has 0 aliphatic carbocycles. The summed E-state index contributed by atoms with van der Waals surface area (Å²) in [4.78, 5) is 53.7. The predicted octanol–water partition coefficient (Wildman–Crippen LogP) is 1.49. The number of imide groups is 1. The molecule has 2 aliphatic heterocycles. The number of hydrazine groups is 1. The third-order valence-electron chi connectivity index (χ3n) is 7.25. The van der Waals surface area contributed by atoms with E-state index in [4.69, 9.17) is 10.5 Å². The average molecular weight is 552 g/mol. The summed E-state index contributed by atoms with van der Waals surface area (Å²) in [7, 11) is 0. The van der Waals surface area contributed by atoms with Crippen LogP contribution in [-0.4, -0.2) is 76.1 Å². The molecule has 2 aliphatic rings. The number of aromatic hydroxyl groups is 1. The SMILES string of the molecule is CC(C)[C@H](N)C(=O)N[C@@H](Cc1cccc(O)c1)C(=O)N1CCC[C@@H](C(=O)N2C(=O)OC[C@@H]2Cc2ccccc2)N1. The second kappa shape index (κ2) is 12.9. The minimum atomic E-state index is -0.997. The number of rotatable bonds is 9. The van der Waals surface area contributed by atoms with Gasteiger partial charge in [-0.05, 0) is 48.4 Å². The van der Waals surface area contributed by atoms with Crippen LogP contribution in [0, 0.1) is 5.92 Å². The molecule has 2 heterocycles. The van der Waals surface area contributed by atoms with Gasteiger partial charge in [0.2, 0.25) is 5.91 Å². The fraction of sp³-hybridized carbons (Fsp3) is 0.448. The molecular weight excluding hydrogens is 514 g/mol. The van der Waals surface area contributed by atoms with Crippen molar-refractivity contribution in [3.8, 4) is 5.75 Å². The summed E-state index contributed by atoms with van der Waals surface area (Å²) in [5.74, 6) is -1.48. The molecule has 2 fully saturated rings. The fourth-order valence-corrected chi connectivity index (χ4v) is 4.94.